The van der Waals surface area contributed by atoms with Crippen molar-refractivity contribution in [2.24, 2.45) is 0 Å². The Kier molecular flexibility index (Phi) is 11.5. The molecular weight excluding hydrogens is 556 g/mol. The van der Waals surface area contributed by atoms with Crippen LogP contribution in [0.4, 0.5) is 0 Å². The summed E-state index contributed by atoms with van der Waals surface area (Å²) in [6.45, 7) is 0. The maximum Gasteiger partial charge on any atom is 0.127 e. The minimum absolute atomic E-state index is 0.604. The van der Waals surface area contributed by atoms with Crippen molar-refractivity contribution in [1.82, 2.24) is 0 Å². The quantitative estimate of drug-likeness (QED) is 0.181. The molecule has 0 saturated heterocycles. The second-order valence-electron chi connectivity index (χ2n) is 8.64. The van der Waals surface area contributed by atoms with Crippen molar-refractivity contribution >= 4 is 12.6 Å². The zero-order valence-corrected chi connectivity index (χ0v) is 26.4. The van der Waals surface area contributed by atoms with Gasteiger partial charge in [-0.3, -0.25) is 0 Å². The van der Waals surface area contributed by atoms with E-state index in [2.05, 4.69) is 12.6 Å². The lowest BCUT2D eigenvalue weighted by Crippen LogP contribution is -1.99. The molecule has 8 nitrogen and oxygen atoms in total. The van der Waals surface area contributed by atoms with Crippen molar-refractivity contribution in [2.45, 2.75) is 0 Å². The predicted octanol–water partition coefficient (Wildman–Crippen LogP) is 7.30. The van der Waals surface area contributed by atoms with E-state index >= 15 is 0 Å². The SMILES string of the molecule is COc1ccc(OC)c(-c2cc(OC)c(-c3cc(OC)c(-c4cc(OC)ccc4OC)cc3OC)cc2OC)c1.CS. The monoisotopic (exact) mass is 594 g/mol. The first-order chi connectivity index (χ1) is 20.5. The Balaban J connectivity index is 0.00000237. The first-order valence-electron chi connectivity index (χ1n) is 12.9. The molecule has 0 atom stereocenters. The van der Waals surface area contributed by atoms with Gasteiger partial charge in [-0.05, 0) is 66.9 Å². The molecule has 4 aromatic rings. The minimum atomic E-state index is 0.604. The van der Waals surface area contributed by atoms with Gasteiger partial charge in [0.15, 0.2) is 0 Å². The number of hydrogen-bond donors (Lipinski definition) is 1. The van der Waals surface area contributed by atoms with Crippen molar-refractivity contribution in [3.8, 4) is 79.4 Å². The lowest BCUT2D eigenvalue weighted by molar-refractivity contribution is 0.397. The van der Waals surface area contributed by atoms with E-state index in [1.54, 1.807) is 63.1 Å². The smallest absolute Gasteiger partial charge is 0.127 e. The van der Waals surface area contributed by atoms with Crippen LogP contribution in [-0.4, -0.2) is 63.1 Å². The molecule has 0 N–H and O–H groups in total. The molecule has 0 aliphatic heterocycles. The summed E-state index contributed by atoms with van der Waals surface area (Å²) in [5.41, 5.74) is 4.67. The van der Waals surface area contributed by atoms with Crippen LogP contribution in [0.2, 0.25) is 0 Å². The van der Waals surface area contributed by atoms with Crippen LogP contribution >= 0.6 is 12.6 Å². The summed E-state index contributed by atoms with van der Waals surface area (Å²) in [7, 11) is 13.0. The van der Waals surface area contributed by atoms with E-state index in [-0.39, 0.29) is 0 Å². The van der Waals surface area contributed by atoms with Crippen LogP contribution in [0.15, 0.2) is 60.7 Å². The first-order valence-corrected chi connectivity index (χ1v) is 13.8. The van der Waals surface area contributed by atoms with E-state index < -0.39 is 0 Å². The van der Waals surface area contributed by atoms with Gasteiger partial charge in [-0.15, -0.1) is 0 Å². The van der Waals surface area contributed by atoms with Crippen LogP contribution in [0, 0.1) is 0 Å². The Hall–Kier alpha value is -4.37. The molecule has 0 bridgehead atoms. The van der Waals surface area contributed by atoms with Gasteiger partial charge in [0, 0.05) is 33.4 Å². The largest absolute Gasteiger partial charge is 0.497 e. The number of benzene rings is 4. The van der Waals surface area contributed by atoms with Gasteiger partial charge in [0.1, 0.15) is 46.0 Å². The maximum absolute atomic E-state index is 5.89. The van der Waals surface area contributed by atoms with Crippen molar-refractivity contribution in [2.75, 3.05) is 63.1 Å². The fourth-order valence-corrected chi connectivity index (χ4v) is 4.69. The summed E-state index contributed by atoms with van der Waals surface area (Å²) >= 11 is 3.53. The Morgan fingerprint density at radius 2 is 0.548 bits per heavy atom. The normalized spacial score (nSPS) is 10.1. The van der Waals surface area contributed by atoms with Crippen molar-refractivity contribution in [3.63, 3.8) is 0 Å². The Morgan fingerprint density at radius 1 is 0.310 bits per heavy atom. The summed E-state index contributed by atoms with van der Waals surface area (Å²) in [5, 5.41) is 0. The molecule has 0 heterocycles. The molecule has 0 aliphatic carbocycles. The third-order valence-corrected chi connectivity index (χ3v) is 6.73. The predicted molar refractivity (Wildman–Crippen MR) is 170 cm³/mol. The summed E-state index contributed by atoms with van der Waals surface area (Å²) in [5.74, 6) is 5.16. The minimum Gasteiger partial charge on any atom is -0.497 e. The van der Waals surface area contributed by atoms with Gasteiger partial charge in [0.25, 0.3) is 0 Å². The van der Waals surface area contributed by atoms with Crippen LogP contribution in [0.25, 0.3) is 33.4 Å². The zero-order valence-electron chi connectivity index (χ0n) is 25.5. The standard InChI is InChI=1S/C32H34O8.CH4S/c1-33-19-9-11-27(35-3)21(13-19)23-15-31(39-7)25(17-29(23)37-5)26-18-30(38-6)24(16-32(26)40-8)22-14-20(34-2)10-12-28(22)36-4;1-2/h9-18H,1-8H3;2H,1H3. The molecule has 224 valence electrons. The van der Waals surface area contributed by atoms with E-state index in [0.29, 0.717) is 46.0 Å². The molecule has 0 saturated carbocycles. The fraction of sp³-hybridized carbons (Fsp3) is 0.273. The molecule has 0 aromatic heterocycles. The van der Waals surface area contributed by atoms with Crippen LogP contribution < -0.4 is 37.9 Å². The summed E-state index contributed by atoms with van der Waals surface area (Å²) in [6, 6.07) is 18.8. The molecular formula is C33H38O8S. The molecule has 9 heteroatoms. The Labute approximate surface area is 253 Å². The average molecular weight is 595 g/mol. The van der Waals surface area contributed by atoms with Crippen LogP contribution in [0.1, 0.15) is 0 Å². The van der Waals surface area contributed by atoms with Crippen molar-refractivity contribution in [3.05, 3.63) is 60.7 Å². The highest BCUT2D eigenvalue weighted by molar-refractivity contribution is 7.79. The average Bonchev–Trinajstić information content (AvgIpc) is 3.07. The van der Waals surface area contributed by atoms with Gasteiger partial charge in [0.05, 0.1) is 56.9 Å². The van der Waals surface area contributed by atoms with E-state index in [1.807, 2.05) is 60.7 Å². The van der Waals surface area contributed by atoms with Gasteiger partial charge in [-0.25, -0.2) is 0 Å². The summed E-state index contributed by atoms with van der Waals surface area (Å²) < 4.78 is 45.7. The third kappa shape index (κ3) is 6.41. The number of hydrogen-bond acceptors (Lipinski definition) is 9. The first kappa shape index (κ1) is 32.1. The lowest BCUT2D eigenvalue weighted by Gasteiger charge is -2.20. The number of ether oxygens (including phenoxy) is 8. The van der Waals surface area contributed by atoms with Crippen molar-refractivity contribution < 1.29 is 37.9 Å². The van der Waals surface area contributed by atoms with Crippen LogP contribution in [0.3, 0.4) is 0 Å². The number of methoxy groups -OCH3 is 8. The van der Waals surface area contributed by atoms with Gasteiger partial charge in [-0.2, -0.15) is 12.6 Å². The van der Waals surface area contributed by atoms with Crippen LogP contribution in [0.5, 0.6) is 46.0 Å². The highest BCUT2D eigenvalue weighted by Crippen LogP contribution is 2.49. The van der Waals surface area contributed by atoms with Gasteiger partial charge >= 0.3 is 0 Å². The van der Waals surface area contributed by atoms with Gasteiger partial charge in [-0.1, -0.05) is 0 Å². The zero-order chi connectivity index (χ0) is 30.8. The van der Waals surface area contributed by atoms with E-state index in [0.717, 1.165) is 33.4 Å². The molecule has 4 aromatic carbocycles. The molecule has 0 aliphatic rings. The molecule has 42 heavy (non-hydrogen) atoms. The lowest BCUT2D eigenvalue weighted by atomic mass is 9.94. The van der Waals surface area contributed by atoms with Gasteiger partial charge < -0.3 is 37.9 Å². The van der Waals surface area contributed by atoms with Crippen LogP contribution in [-0.2, 0) is 0 Å². The van der Waals surface area contributed by atoms with E-state index in [1.165, 1.54) is 0 Å². The summed E-state index contributed by atoms with van der Waals surface area (Å²) in [6.07, 6.45) is 1.69. The fourth-order valence-electron chi connectivity index (χ4n) is 4.69. The third-order valence-electron chi connectivity index (χ3n) is 6.73. The number of rotatable bonds is 11. The van der Waals surface area contributed by atoms with E-state index in [4.69, 9.17) is 37.9 Å². The maximum atomic E-state index is 5.89. The van der Waals surface area contributed by atoms with Crippen molar-refractivity contribution in [1.29, 1.82) is 0 Å². The Bertz CT molecular complexity index is 1390. The van der Waals surface area contributed by atoms with E-state index in [9.17, 15) is 0 Å². The van der Waals surface area contributed by atoms with Gasteiger partial charge in [0.2, 0.25) is 0 Å². The highest BCUT2D eigenvalue weighted by atomic mass is 32.1. The highest BCUT2D eigenvalue weighted by Gasteiger charge is 2.23. The molecule has 0 radical (unpaired) electrons. The Morgan fingerprint density at radius 3 is 0.762 bits per heavy atom. The summed E-state index contributed by atoms with van der Waals surface area (Å²) in [4.78, 5) is 0. The molecule has 0 fully saturated rings. The molecule has 4 rings (SSSR count). The molecule has 0 spiro atoms. The number of thiol groups is 1. The second-order valence-corrected chi connectivity index (χ2v) is 8.64. The second kappa shape index (κ2) is 15.0. The topological polar surface area (TPSA) is 73.8 Å². The molecule has 0 unspecified atom stereocenters. The molecule has 0 amide bonds.